The summed E-state index contributed by atoms with van der Waals surface area (Å²) in [6, 6.07) is 8.29. The number of fused-ring (bicyclic) bond motifs is 1. The third-order valence-electron chi connectivity index (χ3n) is 12.0. The highest BCUT2D eigenvalue weighted by Crippen LogP contribution is 2.51. The topological polar surface area (TPSA) is 198 Å². The van der Waals surface area contributed by atoms with Gasteiger partial charge in [-0.3, -0.25) is 19.8 Å². The van der Waals surface area contributed by atoms with Crippen molar-refractivity contribution in [2.45, 2.75) is 69.2 Å². The molecule has 3 N–H and O–H groups in total. The van der Waals surface area contributed by atoms with Gasteiger partial charge < -0.3 is 24.7 Å². The number of nitrogens with one attached hydrogen (secondary N) is 3. The van der Waals surface area contributed by atoms with Gasteiger partial charge in [-0.15, -0.1) is 0 Å². The molecule has 1 amide bonds. The SMILES string of the molecule is CC1CCC(CNc2ncc(S(=O)(=O)NC(=O)c3ccc(N4CCC5(CC4)CC(N4CCOCC4)C5)nc3Oc3cnc4[nH]ccc4c3)cc2[N+](=O)[O-])CC1. The van der Waals surface area contributed by atoms with Gasteiger partial charge in [0.15, 0.2) is 0 Å². The fourth-order valence-electron chi connectivity index (χ4n) is 8.57. The second-order valence-corrected chi connectivity index (χ2v) is 17.3. The van der Waals surface area contributed by atoms with E-state index in [0.29, 0.717) is 47.1 Å². The summed E-state index contributed by atoms with van der Waals surface area (Å²) in [4.78, 5) is 45.6. The number of pyridine rings is 3. The standard InChI is InChI=1S/C38H47N9O7S/c1-25-2-4-26(5-3-25)22-40-35-32(47(49)50)19-30(24-42-35)55(51,52)44-36(48)31-6-7-33(43-37(31)54-29-18-27-8-11-39-34(27)41-23-29)46-12-9-38(10-13-46)20-28(21-38)45-14-16-53-17-15-45/h6-8,11,18-19,23-26,28H,2-5,9-10,12-17,20-22H2,1H3,(H,39,41)(H,40,42)(H,44,48). The third-order valence-corrected chi connectivity index (χ3v) is 13.3. The quantitative estimate of drug-likeness (QED) is 0.128. The van der Waals surface area contributed by atoms with E-state index in [1.807, 2.05) is 6.07 Å². The molecule has 2 saturated carbocycles. The van der Waals surface area contributed by atoms with Crippen molar-refractivity contribution in [2.24, 2.45) is 17.3 Å². The van der Waals surface area contributed by atoms with Gasteiger partial charge in [-0.25, -0.2) is 23.1 Å². The van der Waals surface area contributed by atoms with Crippen molar-refractivity contribution in [2.75, 3.05) is 56.2 Å². The van der Waals surface area contributed by atoms with E-state index in [-0.39, 0.29) is 17.3 Å². The van der Waals surface area contributed by atoms with Crippen LogP contribution in [0.2, 0.25) is 0 Å². The van der Waals surface area contributed by atoms with E-state index in [0.717, 1.165) is 95.6 Å². The largest absolute Gasteiger partial charge is 0.436 e. The Morgan fingerprint density at radius 2 is 1.82 bits per heavy atom. The highest BCUT2D eigenvalue weighted by molar-refractivity contribution is 7.90. The molecule has 16 nitrogen and oxygen atoms in total. The molecule has 0 bridgehead atoms. The summed E-state index contributed by atoms with van der Waals surface area (Å²) in [6.45, 7) is 7.87. The summed E-state index contributed by atoms with van der Waals surface area (Å²) >= 11 is 0. The first-order valence-corrected chi connectivity index (χ1v) is 20.7. The maximum Gasteiger partial charge on any atom is 0.312 e. The summed E-state index contributed by atoms with van der Waals surface area (Å²) in [7, 11) is -4.60. The Morgan fingerprint density at radius 3 is 2.56 bits per heavy atom. The molecule has 0 unspecified atom stereocenters. The average Bonchev–Trinajstić information content (AvgIpc) is 3.65. The molecule has 2 aliphatic heterocycles. The normalized spacial score (nSPS) is 21.9. The van der Waals surface area contributed by atoms with E-state index in [1.165, 1.54) is 25.1 Å². The summed E-state index contributed by atoms with van der Waals surface area (Å²) in [5.74, 6) is 0.793. The van der Waals surface area contributed by atoms with E-state index < -0.39 is 31.4 Å². The first-order chi connectivity index (χ1) is 26.5. The molecule has 17 heteroatoms. The van der Waals surface area contributed by atoms with Crippen molar-refractivity contribution in [1.29, 1.82) is 0 Å². The molecule has 0 radical (unpaired) electrons. The predicted octanol–water partition coefficient (Wildman–Crippen LogP) is 5.49. The molecule has 0 atom stereocenters. The number of anilines is 2. The number of H-pyrrole nitrogens is 1. The monoisotopic (exact) mass is 773 g/mol. The maximum atomic E-state index is 13.8. The van der Waals surface area contributed by atoms with Crippen LogP contribution in [-0.4, -0.2) is 96.1 Å². The molecule has 1 spiro atoms. The molecule has 4 aromatic heterocycles. The Labute approximate surface area is 319 Å². The van der Waals surface area contributed by atoms with Gasteiger partial charge in [-0.1, -0.05) is 19.8 Å². The number of amides is 1. The van der Waals surface area contributed by atoms with Crippen LogP contribution in [0.15, 0.2) is 53.8 Å². The molecule has 6 heterocycles. The summed E-state index contributed by atoms with van der Waals surface area (Å²) < 4.78 is 40.9. The Morgan fingerprint density at radius 1 is 1.05 bits per heavy atom. The van der Waals surface area contributed by atoms with Gasteiger partial charge >= 0.3 is 5.69 Å². The van der Waals surface area contributed by atoms with Crippen LogP contribution in [-0.2, 0) is 14.8 Å². The van der Waals surface area contributed by atoms with Crippen LogP contribution in [0.5, 0.6) is 11.6 Å². The predicted molar refractivity (Wildman–Crippen MR) is 205 cm³/mol. The first kappa shape index (κ1) is 37.1. The van der Waals surface area contributed by atoms with Gasteiger partial charge in [0.2, 0.25) is 11.7 Å². The number of aromatic nitrogens is 4. The van der Waals surface area contributed by atoms with Crippen LogP contribution in [0.4, 0.5) is 17.3 Å². The summed E-state index contributed by atoms with van der Waals surface area (Å²) in [5, 5.41) is 15.8. The lowest BCUT2D eigenvalue weighted by molar-refractivity contribution is -0.384. The minimum atomic E-state index is -4.60. The molecule has 0 aromatic carbocycles. The number of hydrogen-bond acceptors (Lipinski definition) is 13. The van der Waals surface area contributed by atoms with Crippen LogP contribution in [0, 0.1) is 27.4 Å². The van der Waals surface area contributed by atoms with Gasteiger partial charge in [0.1, 0.15) is 27.7 Å². The second-order valence-electron chi connectivity index (χ2n) is 15.6. The van der Waals surface area contributed by atoms with Gasteiger partial charge in [0.05, 0.1) is 30.5 Å². The zero-order valence-corrected chi connectivity index (χ0v) is 31.7. The molecule has 4 aromatic rings. The fourth-order valence-corrected chi connectivity index (χ4v) is 9.50. The van der Waals surface area contributed by atoms with Crippen LogP contribution in [0.3, 0.4) is 0 Å². The van der Waals surface area contributed by atoms with Crippen molar-refractivity contribution in [3.63, 3.8) is 0 Å². The van der Waals surface area contributed by atoms with Gasteiger partial charge in [0.25, 0.3) is 15.9 Å². The molecule has 2 saturated heterocycles. The van der Waals surface area contributed by atoms with Crippen molar-refractivity contribution in [3.05, 3.63) is 64.6 Å². The number of ether oxygens (including phenoxy) is 2. The van der Waals surface area contributed by atoms with E-state index in [9.17, 15) is 23.3 Å². The number of nitrogens with zero attached hydrogens (tertiary/aromatic N) is 6. The number of carbonyl (C=O) groups is 1. The van der Waals surface area contributed by atoms with E-state index >= 15 is 0 Å². The first-order valence-electron chi connectivity index (χ1n) is 19.2. The Kier molecular flexibility index (Phi) is 10.3. The number of nitro groups is 1. The average molecular weight is 774 g/mol. The number of hydrogen-bond donors (Lipinski definition) is 3. The van der Waals surface area contributed by atoms with Crippen LogP contribution in [0.1, 0.15) is 68.6 Å². The van der Waals surface area contributed by atoms with Gasteiger partial charge in [-0.05, 0) is 80.0 Å². The minimum absolute atomic E-state index is 0.0183. The van der Waals surface area contributed by atoms with Crippen LogP contribution >= 0.6 is 0 Å². The minimum Gasteiger partial charge on any atom is -0.436 e. The molecule has 4 aliphatic rings. The molecule has 55 heavy (non-hydrogen) atoms. The molecule has 292 valence electrons. The molecule has 2 aliphatic carbocycles. The lowest BCUT2D eigenvalue weighted by Crippen LogP contribution is -2.57. The smallest absolute Gasteiger partial charge is 0.312 e. The Balaban J connectivity index is 0.991. The highest BCUT2D eigenvalue weighted by Gasteiger charge is 2.48. The number of rotatable bonds is 11. The summed E-state index contributed by atoms with van der Waals surface area (Å²) in [6.07, 6.45) is 12.9. The van der Waals surface area contributed by atoms with Gasteiger partial charge in [-0.2, -0.15) is 4.98 Å². The number of piperidine rings is 1. The van der Waals surface area contributed by atoms with Crippen molar-refractivity contribution >= 4 is 44.3 Å². The molecular weight excluding hydrogens is 727 g/mol. The maximum absolute atomic E-state index is 13.8. The van der Waals surface area contributed by atoms with Crippen molar-refractivity contribution in [1.82, 2.24) is 29.6 Å². The lowest BCUT2D eigenvalue weighted by Gasteiger charge is -2.56. The Hall–Kier alpha value is -4.87. The zero-order chi connectivity index (χ0) is 38.2. The number of sulfonamides is 1. The number of carbonyl (C=O) groups excluding carboxylic acids is 1. The van der Waals surface area contributed by atoms with Crippen molar-refractivity contribution in [3.8, 4) is 11.6 Å². The van der Waals surface area contributed by atoms with Crippen LogP contribution in [0.25, 0.3) is 11.0 Å². The summed E-state index contributed by atoms with van der Waals surface area (Å²) in [5.41, 5.74) is 0.338. The molecule has 4 fully saturated rings. The fraction of sp³-hybridized carbons (Fsp3) is 0.526. The van der Waals surface area contributed by atoms with E-state index in [1.54, 1.807) is 18.3 Å². The van der Waals surface area contributed by atoms with E-state index in [4.69, 9.17) is 14.5 Å². The molecular formula is C38H47N9O7S. The number of morpholine rings is 1. The lowest BCUT2D eigenvalue weighted by atomic mass is 9.60. The van der Waals surface area contributed by atoms with Gasteiger partial charge in [0, 0.05) is 56.4 Å². The van der Waals surface area contributed by atoms with E-state index in [2.05, 4.69) is 41.7 Å². The second kappa shape index (κ2) is 15.3. The third kappa shape index (κ3) is 8.09. The Bertz CT molecular complexity index is 2150. The highest BCUT2D eigenvalue weighted by atomic mass is 32.2. The molecule has 8 rings (SSSR count). The van der Waals surface area contributed by atoms with Crippen molar-refractivity contribution < 1.29 is 27.6 Å². The van der Waals surface area contributed by atoms with Crippen LogP contribution < -0.4 is 19.7 Å². The number of aromatic amines is 1. The zero-order valence-electron chi connectivity index (χ0n) is 30.9.